The number of hydrogen-bond donors (Lipinski definition) is 1. The molecule has 0 amide bonds. The lowest BCUT2D eigenvalue weighted by atomic mass is 9.94. The van der Waals surface area contributed by atoms with Gasteiger partial charge in [0.15, 0.2) is 0 Å². The molecule has 0 fully saturated rings. The molecule has 20 heavy (non-hydrogen) atoms. The Hall–Kier alpha value is -2.12. The highest BCUT2D eigenvalue weighted by molar-refractivity contribution is 5.86. The van der Waals surface area contributed by atoms with E-state index in [1.54, 1.807) is 0 Å². The molecule has 0 aliphatic heterocycles. The number of hydrogen-bond acceptors (Lipinski definition) is 1. The number of benzene rings is 3. The van der Waals surface area contributed by atoms with Gasteiger partial charge in [-0.15, -0.1) is 0 Å². The van der Waals surface area contributed by atoms with Crippen molar-refractivity contribution in [1.29, 1.82) is 0 Å². The standard InChI is InChI=1S/C19H19N/c1-20-19(14-15-8-3-2-4-9-15)18-13-7-11-16-10-5-6-12-17(16)18/h2-13,19-20H,14H2,1H3. The second kappa shape index (κ2) is 5.89. The summed E-state index contributed by atoms with van der Waals surface area (Å²) in [6.45, 7) is 0. The third kappa shape index (κ3) is 2.59. The van der Waals surface area contributed by atoms with Gasteiger partial charge in [-0.05, 0) is 35.4 Å². The Morgan fingerprint density at radius 1 is 0.800 bits per heavy atom. The predicted molar refractivity (Wildman–Crippen MR) is 85.9 cm³/mol. The molecule has 0 spiro atoms. The van der Waals surface area contributed by atoms with Gasteiger partial charge in [0.1, 0.15) is 0 Å². The minimum absolute atomic E-state index is 0.337. The van der Waals surface area contributed by atoms with Crippen molar-refractivity contribution < 1.29 is 0 Å². The van der Waals surface area contributed by atoms with Gasteiger partial charge in [-0.3, -0.25) is 0 Å². The Balaban J connectivity index is 1.99. The molecule has 0 saturated carbocycles. The number of rotatable bonds is 4. The topological polar surface area (TPSA) is 12.0 Å². The van der Waals surface area contributed by atoms with Crippen LogP contribution in [0.3, 0.4) is 0 Å². The molecule has 3 aromatic carbocycles. The monoisotopic (exact) mass is 261 g/mol. The molecule has 0 aliphatic carbocycles. The maximum atomic E-state index is 3.46. The van der Waals surface area contributed by atoms with E-state index in [0.717, 1.165) is 6.42 Å². The highest BCUT2D eigenvalue weighted by atomic mass is 14.9. The molecule has 1 nitrogen and oxygen atoms in total. The maximum absolute atomic E-state index is 3.46. The van der Waals surface area contributed by atoms with Crippen LogP contribution in [-0.4, -0.2) is 7.05 Å². The summed E-state index contributed by atoms with van der Waals surface area (Å²) in [6, 6.07) is 26.1. The van der Waals surface area contributed by atoms with Crippen LogP contribution in [0.15, 0.2) is 72.8 Å². The van der Waals surface area contributed by atoms with Crippen LogP contribution in [0.1, 0.15) is 17.2 Å². The van der Waals surface area contributed by atoms with Gasteiger partial charge < -0.3 is 5.32 Å². The van der Waals surface area contributed by atoms with Crippen molar-refractivity contribution in [2.75, 3.05) is 7.05 Å². The van der Waals surface area contributed by atoms with Crippen LogP contribution in [-0.2, 0) is 6.42 Å². The summed E-state index contributed by atoms with van der Waals surface area (Å²) in [4.78, 5) is 0. The third-order valence-electron chi connectivity index (χ3n) is 3.83. The third-order valence-corrected chi connectivity index (χ3v) is 3.83. The fraction of sp³-hybridized carbons (Fsp3) is 0.158. The molecule has 1 heteroatoms. The highest BCUT2D eigenvalue weighted by Gasteiger charge is 2.12. The predicted octanol–water partition coefficient (Wildman–Crippen LogP) is 4.34. The van der Waals surface area contributed by atoms with Gasteiger partial charge in [0, 0.05) is 6.04 Å². The first-order valence-corrected chi connectivity index (χ1v) is 7.07. The van der Waals surface area contributed by atoms with Gasteiger partial charge in [0.2, 0.25) is 0 Å². The second-order valence-electron chi connectivity index (χ2n) is 5.10. The average Bonchev–Trinajstić information content (AvgIpc) is 2.53. The molecular weight excluding hydrogens is 242 g/mol. The normalized spacial score (nSPS) is 12.4. The lowest BCUT2D eigenvalue weighted by Crippen LogP contribution is -2.19. The first-order chi connectivity index (χ1) is 9.88. The summed E-state index contributed by atoms with van der Waals surface area (Å²) < 4.78 is 0. The fourth-order valence-electron chi connectivity index (χ4n) is 2.77. The summed E-state index contributed by atoms with van der Waals surface area (Å²) in [6.07, 6.45) is 1.01. The summed E-state index contributed by atoms with van der Waals surface area (Å²) in [5.74, 6) is 0. The van der Waals surface area contributed by atoms with Crippen LogP contribution >= 0.6 is 0 Å². The molecular formula is C19H19N. The number of likely N-dealkylation sites (N-methyl/N-ethyl adjacent to an activating group) is 1. The van der Waals surface area contributed by atoms with E-state index in [-0.39, 0.29) is 0 Å². The van der Waals surface area contributed by atoms with Crippen molar-refractivity contribution in [3.63, 3.8) is 0 Å². The molecule has 1 atom stereocenters. The largest absolute Gasteiger partial charge is 0.313 e. The van der Waals surface area contributed by atoms with Crippen molar-refractivity contribution in [1.82, 2.24) is 5.32 Å². The molecule has 0 aromatic heterocycles. The van der Waals surface area contributed by atoms with Crippen molar-refractivity contribution >= 4 is 10.8 Å². The zero-order chi connectivity index (χ0) is 13.8. The van der Waals surface area contributed by atoms with Gasteiger partial charge in [-0.2, -0.15) is 0 Å². The van der Waals surface area contributed by atoms with Gasteiger partial charge in [-0.25, -0.2) is 0 Å². The Labute approximate surface area is 120 Å². The van der Waals surface area contributed by atoms with E-state index in [0.29, 0.717) is 6.04 Å². The lowest BCUT2D eigenvalue weighted by molar-refractivity contribution is 0.596. The summed E-state index contributed by atoms with van der Waals surface area (Å²) in [5.41, 5.74) is 2.73. The van der Waals surface area contributed by atoms with E-state index in [9.17, 15) is 0 Å². The van der Waals surface area contributed by atoms with Crippen LogP contribution in [0.4, 0.5) is 0 Å². The summed E-state index contributed by atoms with van der Waals surface area (Å²) in [5, 5.41) is 6.10. The molecule has 0 saturated heterocycles. The number of nitrogens with one attached hydrogen (secondary N) is 1. The first kappa shape index (κ1) is 12.9. The second-order valence-corrected chi connectivity index (χ2v) is 5.10. The van der Waals surface area contributed by atoms with E-state index >= 15 is 0 Å². The van der Waals surface area contributed by atoms with E-state index in [1.807, 2.05) is 7.05 Å². The zero-order valence-electron chi connectivity index (χ0n) is 11.7. The molecule has 100 valence electrons. The Morgan fingerprint density at radius 2 is 1.50 bits per heavy atom. The highest BCUT2D eigenvalue weighted by Crippen LogP contribution is 2.26. The Bertz CT molecular complexity index is 683. The van der Waals surface area contributed by atoms with E-state index in [2.05, 4.69) is 78.1 Å². The van der Waals surface area contributed by atoms with Gasteiger partial charge >= 0.3 is 0 Å². The Kier molecular flexibility index (Phi) is 3.80. The van der Waals surface area contributed by atoms with Crippen molar-refractivity contribution in [2.45, 2.75) is 12.5 Å². The summed E-state index contributed by atoms with van der Waals surface area (Å²) >= 11 is 0. The average molecular weight is 261 g/mol. The minimum Gasteiger partial charge on any atom is -0.313 e. The van der Waals surface area contributed by atoms with Crippen LogP contribution in [0, 0.1) is 0 Å². The van der Waals surface area contributed by atoms with Gasteiger partial charge in [-0.1, -0.05) is 72.8 Å². The zero-order valence-corrected chi connectivity index (χ0v) is 11.7. The van der Waals surface area contributed by atoms with Crippen LogP contribution in [0.2, 0.25) is 0 Å². The van der Waals surface area contributed by atoms with Crippen molar-refractivity contribution in [2.24, 2.45) is 0 Å². The maximum Gasteiger partial charge on any atom is 0.0364 e. The molecule has 3 rings (SSSR count). The first-order valence-electron chi connectivity index (χ1n) is 7.07. The lowest BCUT2D eigenvalue weighted by Gasteiger charge is -2.19. The molecule has 0 radical (unpaired) electrons. The minimum atomic E-state index is 0.337. The van der Waals surface area contributed by atoms with Crippen molar-refractivity contribution in [3.8, 4) is 0 Å². The molecule has 3 aromatic rings. The molecule has 0 bridgehead atoms. The van der Waals surface area contributed by atoms with E-state index in [1.165, 1.54) is 21.9 Å². The fourth-order valence-corrected chi connectivity index (χ4v) is 2.77. The quantitative estimate of drug-likeness (QED) is 0.736. The van der Waals surface area contributed by atoms with E-state index in [4.69, 9.17) is 0 Å². The van der Waals surface area contributed by atoms with Crippen LogP contribution in [0.25, 0.3) is 10.8 Å². The molecule has 1 N–H and O–H groups in total. The van der Waals surface area contributed by atoms with Crippen molar-refractivity contribution in [3.05, 3.63) is 83.9 Å². The van der Waals surface area contributed by atoms with Gasteiger partial charge in [0.25, 0.3) is 0 Å². The van der Waals surface area contributed by atoms with E-state index < -0.39 is 0 Å². The molecule has 0 heterocycles. The van der Waals surface area contributed by atoms with Gasteiger partial charge in [0.05, 0.1) is 0 Å². The molecule has 1 unspecified atom stereocenters. The SMILES string of the molecule is CNC(Cc1ccccc1)c1cccc2ccccc12. The van der Waals surface area contributed by atoms with Crippen LogP contribution < -0.4 is 5.32 Å². The molecule has 0 aliphatic rings. The Morgan fingerprint density at radius 3 is 2.30 bits per heavy atom. The summed E-state index contributed by atoms with van der Waals surface area (Å²) in [7, 11) is 2.04. The smallest absolute Gasteiger partial charge is 0.0364 e. The van der Waals surface area contributed by atoms with Crippen LogP contribution in [0.5, 0.6) is 0 Å². The number of fused-ring (bicyclic) bond motifs is 1.